The third-order valence-electron chi connectivity index (χ3n) is 5.00. The van der Waals surface area contributed by atoms with Crippen molar-refractivity contribution in [3.8, 4) is 0 Å². The van der Waals surface area contributed by atoms with Gasteiger partial charge in [0.05, 0.1) is 33.0 Å². The molecule has 17 heteroatoms. The Morgan fingerprint density at radius 2 is 1.30 bits per heavy atom. The highest BCUT2D eigenvalue weighted by Crippen LogP contribution is 2.02. The first-order valence-electron chi connectivity index (χ1n) is 14.0. The highest BCUT2D eigenvalue weighted by Gasteiger charge is 2.15. The second kappa shape index (κ2) is 27.8. The van der Waals surface area contributed by atoms with Gasteiger partial charge in [0, 0.05) is 51.2 Å². The van der Waals surface area contributed by atoms with E-state index in [9.17, 15) is 28.8 Å². The van der Waals surface area contributed by atoms with Crippen LogP contribution < -0.4 is 27.0 Å². The van der Waals surface area contributed by atoms with Gasteiger partial charge < -0.3 is 50.7 Å². The highest BCUT2D eigenvalue weighted by atomic mass is 32.2. The molecule has 6 N–H and O–H groups in total. The molecule has 0 spiro atoms. The molecule has 1 atom stereocenters. The van der Waals surface area contributed by atoms with E-state index < -0.39 is 17.9 Å². The van der Waals surface area contributed by atoms with Crippen LogP contribution in [0.2, 0.25) is 0 Å². The quantitative estimate of drug-likeness (QED) is 0.0458. The molecule has 0 heterocycles. The van der Waals surface area contributed by atoms with E-state index in [1.807, 2.05) is 0 Å². The first-order chi connectivity index (χ1) is 20.6. The predicted octanol–water partition coefficient (Wildman–Crippen LogP) is -2.14. The topological polar surface area (TPSA) is 223 Å². The first-order valence-corrected chi connectivity index (χ1v) is 15.2. The summed E-state index contributed by atoms with van der Waals surface area (Å²) >= 11 is 1.46. The molecule has 0 radical (unpaired) electrons. The van der Waals surface area contributed by atoms with Crippen LogP contribution in [-0.2, 0) is 52.5 Å². The summed E-state index contributed by atoms with van der Waals surface area (Å²) in [4.78, 5) is 68.5. The van der Waals surface area contributed by atoms with Crippen molar-refractivity contribution >= 4 is 47.3 Å². The molecule has 0 aromatic rings. The maximum Gasteiger partial charge on any atom is 0.302 e. The molecule has 0 unspecified atom stereocenters. The smallest absolute Gasteiger partial charge is 0.302 e. The van der Waals surface area contributed by atoms with Gasteiger partial charge in [-0.15, -0.1) is 0 Å². The van der Waals surface area contributed by atoms with Gasteiger partial charge in [0.1, 0.15) is 25.9 Å². The Morgan fingerprint density at radius 3 is 1.91 bits per heavy atom. The summed E-state index contributed by atoms with van der Waals surface area (Å²) in [6, 6.07) is -0.759. The van der Waals surface area contributed by atoms with Gasteiger partial charge in [0.2, 0.25) is 29.5 Å². The minimum Gasteiger partial charge on any atom is -0.465 e. The molecule has 0 aromatic heterocycles. The summed E-state index contributed by atoms with van der Waals surface area (Å²) in [5.41, 5.74) is 4.90. The van der Waals surface area contributed by atoms with Crippen molar-refractivity contribution in [1.82, 2.24) is 21.3 Å². The Morgan fingerprint density at radius 1 is 0.698 bits per heavy atom. The number of rotatable bonds is 28. The predicted molar refractivity (Wildman–Crippen MR) is 157 cm³/mol. The molecule has 0 aliphatic carbocycles. The summed E-state index contributed by atoms with van der Waals surface area (Å²) in [5, 5.41) is 10.4. The number of primary amides is 1. The lowest BCUT2D eigenvalue weighted by molar-refractivity contribution is -0.140. The van der Waals surface area contributed by atoms with Gasteiger partial charge >= 0.3 is 5.97 Å². The molecular weight excluding hydrogens is 590 g/mol. The number of carbonyl (C=O) groups is 6. The second-order valence-corrected chi connectivity index (χ2v) is 10.1. The Kier molecular flexibility index (Phi) is 25.9. The number of hydrogen-bond donors (Lipinski definition) is 5. The van der Waals surface area contributed by atoms with E-state index in [1.54, 1.807) is 6.92 Å². The average molecular weight is 638 g/mol. The highest BCUT2D eigenvalue weighted by molar-refractivity contribution is 7.99. The molecule has 16 nitrogen and oxygen atoms in total. The summed E-state index contributed by atoms with van der Waals surface area (Å²) in [5.74, 6) is -1.28. The van der Waals surface area contributed by atoms with Crippen LogP contribution in [0.4, 0.5) is 0 Å². The van der Waals surface area contributed by atoms with E-state index in [0.29, 0.717) is 77.1 Å². The van der Waals surface area contributed by atoms with Crippen molar-refractivity contribution in [1.29, 1.82) is 0 Å². The Labute approximate surface area is 256 Å². The molecule has 43 heavy (non-hydrogen) atoms. The molecule has 0 fully saturated rings. The summed E-state index contributed by atoms with van der Waals surface area (Å²) < 4.78 is 25.8. The Bertz CT molecular complexity index is 835. The summed E-state index contributed by atoms with van der Waals surface area (Å²) in [6.45, 7) is 5.70. The zero-order chi connectivity index (χ0) is 32.1. The van der Waals surface area contributed by atoms with Crippen molar-refractivity contribution < 1.29 is 52.5 Å². The number of ether oxygens (including phenoxy) is 5. The lowest BCUT2D eigenvalue weighted by atomic mass is 10.3. The van der Waals surface area contributed by atoms with Crippen LogP contribution in [-0.4, -0.2) is 132 Å². The second-order valence-electron chi connectivity index (χ2n) is 8.91. The van der Waals surface area contributed by atoms with Crippen LogP contribution in [0.3, 0.4) is 0 Å². The Balaban J connectivity index is 3.53. The zero-order valence-corrected chi connectivity index (χ0v) is 25.9. The minimum absolute atomic E-state index is 0.221. The standard InChI is InChI=1S/C26H47N5O11S/c1-20(31-24(35)17-30-23(34)5-15-43-16-14-42-21(2)32)26(37)29-7-4-9-39-11-13-40-12-10-38-8-3-6-28-25(36)19-41-18-22(27)33/h20H,3-19H2,1-2H3,(H2,27,33)(H,28,36)(H,29,37)(H,30,34)(H,31,35)/t20-/m1/s1. The molecule has 0 aromatic carbocycles. The van der Waals surface area contributed by atoms with Crippen molar-refractivity contribution in [2.24, 2.45) is 5.73 Å². The van der Waals surface area contributed by atoms with E-state index in [1.165, 1.54) is 18.7 Å². The SMILES string of the molecule is CC(=O)OCCSCCC(=O)NCC(=O)N[C@H](C)C(=O)NCCCOCCOCCOCCCNC(=O)COCC(N)=O. The fourth-order valence-electron chi connectivity index (χ4n) is 2.91. The van der Waals surface area contributed by atoms with E-state index in [-0.39, 0.29) is 56.5 Å². The number of esters is 1. The summed E-state index contributed by atoms with van der Waals surface area (Å²) in [6.07, 6.45) is 1.42. The number of thioether (sulfide) groups is 1. The van der Waals surface area contributed by atoms with Crippen LogP contribution in [0.1, 0.15) is 33.1 Å². The molecular formula is C26H47N5O11S. The van der Waals surface area contributed by atoms with E-state index in [0.717, 1.165) is 0 Å². The lowest BCUT2D eigenvalue weighted by Crippen LogP contribution is -2.48. The average Bonchev–Trinajstić information content (AvgIpc) is 2.95. The van der Waals surface area contributed by atoms with Crippen LogP contribution in [0.25, 0.3) is 0 Å². The summed E-state index contributed by atoms with van der Waals surface area (Å²) in [7, 11) is 0. The molecule has 5 amide bonds. The van der Waals surface area contributed by atoms with Crippen LogP contribution >= 0.6 is 11.8 Å². The van der Waals surface area contributed by atoms with Crippen molar-refractivity contribution in [3.63, 3.8) is 0 Å². The van der Waals surface area contributed by atoms with Gasteiger partial charge in [-0.2, -0.15) is 11.8 Å². The number of carbonyl (C=O) groups excluding carboxylic acids is 6. The normalized spacial score (nSPS) is 11.3. The lowest BCUT2D eigenvalue weighted by Gasteiger charge is -2.14. The van der Waals surface area contributed by atoms with Crippen molar-refractivity contribution in [3.05, 3.63) is 0 Å². The number of hydrogen-bond acceptors (Lipinski definition) is 12. The minimum atomic E-state index is -0.759. The number of amides is 5. The third kappa shape index (κ3) is 28.9. The van der Waals surface area contributed by atoms with E-state index in [2.05, 4.69) is 21.3 Å². The molecule has 0 saturated carbocycles. The number of nitrogens with one attached hydrogen (secondary N) is 4. The van der Waals surface area contributed by atoms with Gasteiger partial charge in [-0.25, -0.2) is 0 Å². The van der Waals surface area contributed by atoms with E-state index >= 15 is 0 Å². The largest absolute Gasteiger partial charge is 0.465 e. The van der Waals surface area contributed by atoms with Gasteiger partial charge in [0.15, 0.2) is 0 Å². The molecule has 0 rings (SSSR count). The number of nitrogens with two attached hydrogens (primary N) is 1. The van der Waals surface area contributed by atoms with Crippen molar-refractivity contribution in [2.75, 3.05) is 90.6 Å². The van der Waals surface area contributed by atoms with E-state index in [4.69, 9.17) is 29.4 Å². The maximum absolute atomic E-state index is 12.1. The van der Waals surface area contributed by atoms with Crippen LogP contribution in [0, 0.1) is 0 Å². The molecule has 0 saturated heterocycles. The Hall–Kier alpha value is -2.99. The van der Waals surface area contributed by atoms with Gasteiger partial charge in [-0.3, -0.25) is 28.8 Å². The fraction of sp³-hybridized carbons (Fsp3) is 0.769. The molecule has 0 aliphatic heterocycles. The van der Waals surface area contributed by atoms with Gasteiger partial charge in [0.25, 0.3) is 0 Å². The molecule has 0 aliphatic rings. The molecule has 0 bridgehead atoms. The van der Waals surface area contributed by atoms with Crippen LogP contribution in [0.15, 0.2) is 0 Å². The zero-order valence-electron chi connectivity index (χ0n) is 25.1. The first kappa shape index (κ1) is 40.0. The van der Waals surface area contributed by atoms with Gasteiger partial charge in [-0.1, -0.05) is 0 Å². The monoisotopic (exact) mass is 637 g/mol. The van der Waals surface area contributed by atoms with Crippen LogP contribution in [0.5, 0.6) is 0 Å². The van der Waals surface area contributed by atoms with Crippen molar-refractivity contribution in [2.45, 2.75) is 39.2 Å². The van der Waals surface area contributed by atoms with Gasteiger partial charge in [-0.05, 0) is 19.8 Å². The third-order valence-corrected chi connectivity index (χ3v) is 5.95. The molecule has 248 valence electrons. The maximum atomic E-state index is 12.1. The fourth-order valence-corrected chi connectivity index (χ4v) is 3.65.